The fourth-order valence-electron chi connectivity index (χ4n) is 0.612. The number of rotatable bonds is 6. The van der Waals surface area contributed by atoms with E-state index in [0.29, 0.717) is 0 Å². The molecular weight excluding hydrogens is 224 g/mol. The molecule has 0 heterocycles. The molecule has 0 bridgehead atoms. The van der Waals surface area contributed by atoms with E-state index < -0.39 is 36.3 Å². The maximum atomic E-state index is 12.2. The molecule has 0 radical (unpaired) electrons. The van der Waals surface area contributed by atoms with Gasteiger partial charge in [-0.1, -0.05) is 13.2 Å². The van der Waals surface area contributed by atoms with Gasteiger partial charge in [-0.15, -0.1) is 0 Å². The summed E-state index contributed by atoms with van der Waals surface area (Å²) in [4.78, 5) is 21.3. The van der Waals surface area contributed by atoms with Gasteiger partial charge in [-0.25, -0.2) is 9.59 Å². The van der Waals surface area contributed by atoms with Crippen LogP contribution in [0.3, 0.4) is 0 Å². The fourth-order valence-corrected chi connectivity index (χ4v) is 0.612. The number of ether oxygens (including phenoxy) is 2. The third-order valence-corrected chi connectivity index (χ3v) is 1.38. The van der Waals surface area contributed by atoms with Gasteiger partial charge >= 0.3 is 11.9 Å². The number of halogens is 2. The molecule has 5 nitrogen and oxygen atoms in total. The Kier molecular flexibility index (Phi) is 5.94. The Morgan fingerprint density at radius 2 is 1.69 bits per heavy atom. The van der Waals surface area contributed by atoms with Crippen molar-refractivity contribution < 1.29 is 27.8 Å². The summed E-state index contributed by atoms with van der Waals surface area (Å²) >= 11 is 0. The van der Waals surface area contributed by atoms with Crippen molar-refractivity contribution in [2.45, 2.75) is 6.10 Å². The molecule has 90 valence electrons. The molecule has 0 spiro atoms. The topological polar surface area (TPSA) is 78.6 Å². The molecule has 0 aliphatic carbocycles. The molecule has 16 heavy (non-hydrogen) atoms. The molecule has 1 unspecified atom stereocenters. The van der Waals surface area contributed by atoms with E-state index in [2.05, 4.69) is 22.6 Å². The zero-order chi connectivity index (χ0) is 12.7. The monoisotopic (exact) mass is 235 g/mol. The van der Waals surface area contributed by atoms with Crippen molar-refractivity contribution >= 4 is 11.9 Å². The first kappa shape index (κ1) is 14.2. The molecule has 0 aliphatic heterocycles. The van der Waals surface area contributed by atoms with Crippen LogP contribution in [0.25, 0.3) is 0 Å². The standard InChI is InChI=1S/C9H11F2NO4/c1-5(10)8(13)15-4-7(3-12)16-9(14)6(2)11/h7H,1-4,12H2. The summed E-state index contributed by atoms with van der Waals surface area (Å²) in [6, 6.07) is 0. The van der Waals surface area contributed by atoms with E-state index in [-0.39, 0.29) is 6.54 Å². The van der Waals surface area contributed by atoms with Crippen LogP contribution in [0.2, 0.25) is 0 Å². The molecule has 0 aromatic carbocycles. The Morgan fingerprint density at radius 1 is 1.19 bits per heavy atom. The molecule has 7 heteroatoms. The molecule has 0 aromatic heterocycles. The van der Waals surface area contributed by atoms with Gasteiger partial charge < -0.3 is 15.2 Å². The van der Waals surface area contributed by atoms with Crippen molar-refractivity contribution in [3.8, 4) is 0 Å². The van der Waals surface area contributed by atoms with E-state index in [1.807, 2.05) is 0 Å². The van der Waals surface area contributed by atoms with Gasteiger partial charge in [0.15, 0.2) is 0 Å². The van der Waals surface area contributed by atoms with Crippen LogP contribution >= 0.6 is 0 Å². The maximum absolute atomic E-state index is 12.2. The summed E-state index contributed by atoms with van der Waals surface area (Å²) < 4.78 is 33.1. The summed E-state index contributed by atoms with van der Waals surface area (Å²) in [6.07, 6.45) is -1.07. The zero-order valence-electron chi connectivity index (χ0n) is 8.37. The molecule has 0 rings (SSSR count). The summed E-state index contributed by atoms with van der Waals surface area (Å²) in [5.41, 5.74) is 5.15. The smallest absolute Gasteiger partial charge is 0.366 e. The second-order valence-corrected chi connectivity index (χ2v) is 2.67. The van der Waals surface area contributed by atoms with Crippen LogP contribution < -0.4 is 5.73 Å². The van der Waals surface area contributed by atoms with Crippen LogP contribution in [-0.2, 0) is 19.1 Å². The Labute approximate surface area is 90.5 Å². The van der Waals surface area contributed by atoms with E-state index in [1.165, 1.54) is 0 Å². The normalized spacial score (nSPS) is 11.4. The van der Waals surface area contributed by atoms with Crippen LogP contribution in [0.5, 0.6) is 0 Å². The first-order valence-electron chi connectivity index (χ1n) is 4.15. The highest BCUT2D eigenvalue weighted by Gasteiger charge is 2.18. The maximum Gasteiger partial charge on any atom is 0.366 e. The second-order valence-electron chi connectivity index (χ2n) is 2.67. The second kappa shape index (κ2) is 6.67. The largest absolute Gasteiger partial charge is 0.456 e. The lowest BCUT2D eigenvalue weighted by Gasteiger charge is -2.14. The highest BCUT2D eigenvalue weighted by Crippen LogP contribution is 2.02. The third-order valence-electron chi connectivity index (χ3n) is 1.38. The van der Waals surface area contributed by atoms with Gasteiger partial charge in [0.05, 0.1) is 0 Å². The Balaban J connectivity index is 4.11. The summed E-state index contributed by atoms with van der Waals surface area (Å²) in [6.45, 7) is 4.69. The van der Waals surface area contributed by atoms with E-state index in [0.717, 1.165) is 0 Å². The van der Waals surface area contributed by atoms with Gasteiger partial charge in [0.2, 0.25) is 11.7 Å². The van der Waals surface area contributed by atoms with Gasteiger partial charge in [0.1, 0.15) is 12.7 Å². The average molecular weight is 235 g/mol. The predicted octanol–water partition coefficient (Wildman–Crippen LogP) is 0.367. The van der Waals surface area contributed by atoms with E-state index in [9.17, 15) is 18.4 Å². The van der Waals surface area contributed by atoms with Crippen molar-refractivity contribution in [3.63, 3.8) is 0 Å². The molecule has 0 fully saturated rings. The van der Waals surface area contributed by atoms with Gasteiger partial charge in [-0.05, 0) is 0 Å². The first-order valence-corrected chi connectivity index (χ1v) is 4.15. The van der Waals surface area contributed by atoms with Crippen molar-refractivity contribution in [1.82, 2.24) is 0 Å². The van der Waals surface area contributed by atoms with E-state index >= 15 is 0 Å². The minimum Gasteiger partial charge on any atom is -0.456 e. The molecule has 0 aromatic rings. The highest BCUT2D eigenvalue weighted by molar-refractivity contribution is 5.86. The van der Waals surface area contributed by atoms with Gasteiger partial charge in [-0.2, -0.15) is 8.78 Å². The van der Waals surface area contributed by atoms with Gasteiger partial charge in [0.25, 0.3) is 0 Å². The number of carbonyl (C=O) groups excluding carboxylic acids is 2. The van der Waals surface area contributed by atoms with Crippen molar-refractivity contribution in [3.05, 3.63) is 24.8 Å². The first-order chi connectivity index (χ1) is 7.38. The number of hydrogen-bond acceptors (Lipinski definition) is 5. The van der Waals surface area contributed by atoms with E-state index in [1.54, 1.807) is 0 Å². The van der Waals surface area contributed by atoms with Gasteiger partial charge in [-0.3, -0.25) is 0 Å². The molecule has 0 saturated heterocycles. The number of esters is 2. The minimum absolute atomic E-state index is 0.217. The Bertz CT molecular complexity index is 317. The minimum atomic E-state index is -1.31. The Hall–Kier alpha value is -1.76. The summed E-state index contributed by atoms with van der Waals surface area (Å²) in [5.74, 6) is -5.21. The molecule has 1 atom stereocenters. The molecule has 0 amide bonds. The molecular formula is C9H11F2NO4. The van der Waals surface area contributed by atoms with Gasteiger partial charge in [0, 0.05) is 6.54 Å². The summed E-state index contributed by atoms with van der Waals surface area (Å²) in [5, 5.41) is 0. The lowest BCUT2D eigenvalue weighted by atomic mass is 10.4. The quantitative estimate of drug-likeness (QED) is 0.531. The average Bonchev–Trinajstić information content (AvgIpc) is 2.22. The van der Waals surface area contributed by atoms with Crippen LogP contribution in [0.1, 0.15) is 0 Å². The SMILES string of the molecule is C=C(F)C(=O)OCC(CN)OC(=O)C(=C)F. The van der Waals surface area contributed by atoms with Crippen molar-refractivity contribution in [2.24, 2.45) is 5.73 Å². The van der Waals surface area contributed by atoms with Crippen LogP contribution in [-0.4, -0.2) is 31.2 Å². The molecule has 0 aliphatic rings. The fraction of sp³-hybridized carbons (Fsp3) is 0.333. The van der Waals surface area contributed by atoms with Crippen LogP contribution in [0.4, 0.5) is 8.78 Å². The lowest BCUT2D eigenvalue weighted by molar-refractivity contribution is -0.155. The van der Waals surface area contributed by atoms with E-state index in [4.69, 9.17) is 5.73 Å². The number of hydrogen-bond donors (Lipinski definition) is 1. The Morgan fingerprint density at radius 3 is 2.06 bits per heavy atom. The van der Waals surface area contributed by atoms with Crippen LogP contribution in [0, 0.1) is 0 Å². The molecule has 0 saturated carbocycles. The number of carbonyl (C=O) groups is 2. The third kappa shape index (κ3) is 5.20. The van der Waals surface area contributed by atoms with Crippen molar-refractivity contribution in [1.29, 1.82) is 0 Å². The highest BCUT2D eigenvalue weighted by atomic mass is 19.1. The number of nitrogens with two attached hydrogens (primary N) is 1. The predicted molar refractivity (Wildman–Crippen MR) is 50.4 cm³/mol. The van der Waals surface area contributed by atoms with Crippen LogP contribution in [0.15, 0.2) is 24.8 Å². The van der Waals surface area contributed by atoms with Crippen molar-refractivity contribution in [2.75, 3.05) is 13.2 Å². The summed E-state index contributed by atoms with van der Waals surface area (Å²) in [7, 11) is 0. The molecule has 2 N–H and O–H groups in total. The lowest BCUT2D eigenvalue weighted by Crippen LogP contribution is -2.32. The zero-order valence-corrected chi connectivity index (χ0v) is 8.37.